The van der Waals surface area contributed by atoms with E-state index in [-0.39, 0.29) is 0 Å². The van der Waals surface area contributed by atoms with Crippen LogP contribution < -0.4 is 11.1 Å². The second-order valence-electron chi connectivity index (χ2n) is 4.03. The van der Waals surface area contributed by atoms with E-state index in [4.69, 9.17) is 5.73 Å². The van der Waals surface area contributed by atoms with E-state index in [0.717, 1.165) is 37.3 Å². The highest BCUT2D eigenvalue weighted by atomic mass is 15.3. The highest BCUT2D eigenvalue weighted by molar-refractivity contribution is 5.54. The standard InChI is InChI=1S/C12H18N6/c1-2-4-10-11(13)15-9-16-12(10)14-6-8-18-7-3-5-17-18/h3,5,7,9H,2,4,6,8H2,1H3,(H3,13,14,15,16). The predicted molar refractivity (Wildman–Crippen MR) is 71.2 cm³/mol. The molecule has 0 saturated carbocycles. The summed E-state index contributed by atoms with van der Waals surface area (Å²) in [4.78, 5) is 8.27. The van der Waals surface area contributed by atoms with Crippen LogP contribution in [0.25, 0.3) is 0 Å². The Morgan fingerprint density at radius 2 is 2.28 bits per heavy atom. The van der Waals surface area contributed by atoms with Gasteiger partial charge in [0.25, 0.3) is 0 Å². The highest BCUT2D eigenvalue weighted by Gasteiger charge is 2.07. The van der Waals surface area contributed by atoms with Crippen molar-refractivity contribution in [2.24, 2.45) is 0 Å². The van der Waals surface area contributed by atoms with Crippen molar-refractivity contribution in [3.8, 4) is 0 Å². The lowest BCUT2D eigenvalue weighted by Crippen LogP contribution is -2.14. The largest absolute Gasteiger partial charge is 0.383 e. The fourth-order valence-electron chi connectivity index (χ4n) is 1.80. The van der Waals surface area contributed by atoms with Gasteiger partial charge in [-0.2, -0.15) is 5.10 Å². The normalized spacial score (nSPS) is 10.5. The Bertz CT molecular complexity index is 479. The minimum Gasteiger partial charge on any atom is -0.383 e. The lowest BCUT2D eigenvalue weighted by molar-refractivity contribution is 0.636. The topological polar surface area (TPSA) is 81.6 Å². The Hall–Kier alpha value is -2.11. The number of aromatic nitrogens is 4. The van der Waals surface area contributed by atoms with Crippen LogP contribution in [-0.4, -0.2) is 26.3 Å². The van der Waals surface area contributed by atoms with E-state index in [1.54, 1.807) is 6.20 Å². The molecule has 0 radical (unpaired) electrons. The molecule has 2 aromatic rings. The molecule has 0 aliphatic carbocycles. The lowest BCUT2D eigenvalue weighted by Gasteiger charge is -2.11. The third kappa shape index (κ3) is 2.97. The zero-order valence-corrected chi connectivity index (χ0v) is 10.5. The van der Waals surface area contributed by atoms with Crippen LogP contribution in [0.1, 0.15) is 18.9 Å². The summed E-state index contributed by atoms with van der Waals surface area (Å²) in [5.74, 6) is 1.39. The highest BCUT2D eigenvalue weighted by Crippen LogP contribution is 2.18. The summed E-state index contributed by atoms with van der Waals surface area (Å²) in [6.45, 7) is 3.66. The molecule has 2 heterocycles. The summed E-state index contributed by atoms with van der Waals surface area (Å²) in [7, 11) is 0. The predicted octanol–water partition coefficient (Wildman–Crippen LogP) is 1.32. The summed E-state index contributed by atoms with van der Waals surface area (Å²) in [6.07, 6.45) is 7.10. The van der Waals surface area contributed by atoms with Crippen LogP contribution in [0.2, 0.25) is 0 Å². The van der Waals surface area contributed by atoms with Crippen LogP contribution >= 0.6 is 0 Å². The van der Waals surface area contributed by atoms with Gasteiger partial charge in [0.1, 0.15) is 18.0 Å². The third-order valence-corrected chi connectivity index (χ3v) is 2.67. The van der Waals surface area contributed by atoms with Gasteiger partial charge in [0.2, 0.25) is 0 Å². The molecule has 96 valence electrons. The summed E-state index contributed by atoms with van der Waals surface area (Å²) >= 11 is 0. The van der Waals surface area contributed by atoms with Crippen LogP contribution in [0.4, 0.5) is 11.6 Å². The maximum Gasteiger partial charge on any atom is 0.134 e. The first-order valence-electron chi connectivity index (χ1n) is 6.12. The van der Waals surface area contributed by atoms with Crippen molar-refractivity contribution in [2.75, 3.05) is 17.6 Å². The first-order valence-corrected chi connectivity index (χ1v) is 6.12. The average molecular weight is 246 g/mol. The molecule has 3 N–H and O–H groups in total. The lowest BCUT2D eigenvalue weighted by atomic mass is 10.1. The van der Waals surface area contributed by atoms with Crippen molar-refractivity contribution in [3.05, 3.63) is 30.4 Å². The van der Waals surface area contributed by atoms with Crippen molar-refractivity contribution in [2.45, 2.75) is 26.3 Å². The van der Waals surface area contributed by atoms with Crippen LogP contribution in [0.3, 0.4) is 0 Å². The minimum atomic E-state index is 0.563. The fourth-order valence-corrected chi connectivity index (χ4v) is 1.80. The Labute approximate surface area is 106 Å². The molecule has 0 aliphatic rings. The van der Waals surface area contributed by atoms with Crippen molar-refractivity contribution in [3.63, 3.8) is 0 Å². The molecule has 2 aromatic heterocycles. The number of rotatable bonds is 6. The van der Waals surface area contributed by atoms with Crippen molar-refractivity contribution in [1.29, 1.82) is 0 Å². The molecular weight excluding hydrogens is 228 g/mol. The molecule has 0 fully saturated rings. The number of hydrogen-bond acceptors (Lipinski definition) is 5. The van der Waals surface area contributed by atoms with Gasteiger partial charge in [-0.15, -0.1) is 0 Å². The summed E-state index contributed by atoms with van der Waals surface area (Å²) < 4.78 is 1.87. The first-order chi connectivity index (χ1) is 8.81. The van der Waals surface area contributed by atoms with Crippen molar-refractivity contribution < 1.29 is 0 Å². The van der Waals surface area contributed by atoms with E-state index in [9.17, 15) is 0 Å². The molecule has 6 heteroatoms. The van der Waals surface area contributed by atoms with E-state index < -0.39 is 0 Å². The number of nitrogens with two attached hydrogens (primary N) is 1. The van der Waals surface area contributed by atoms with Crippen molar-refractivity contribution >= 4 is 11.6 Å². The fraction of sp³-hybridized carbons (Fsp3) is 0.417. The van der Waals surface area contributed by atoms with Gasteiger partial charge in [-0.25, -0.2) is 9.97 Å². The molecule has 0 aliphatic heterocycles. The maximum absolute atomic E-state index is 5.87. The van der Waals surface area contributed by atoms with E-state index in [2.05, 4.69) is 27.3 Å². The van der Waals surface area contributed by atoms with Gasteiger partial charge in [0.15, 0.2) is 0 Å². The van der Waals surface area contributed by atoms with Crippen LogP contribution in [-0.2, 0) is 13.0 Å². The van der Waals surface area contributed by atoms with E-state index in [0.29, 0.717) is 5.82 Å². The van der Waals surface area contributed by atoms with Crippen LogP contribution in [0, 0.1) is 0 Å². The number of anilines is 2. The van der Waals surface area contributed by atoms with E-state index in [1.807, 2.05) is 16.9 Å². The van der Waals surface area contributed by atoms with Gasteiger partial charge >= 0.3 is 0 Å². The molecule has 2 rings (SSSR count). The molecule has 0 aromatic carbocycles. The van der Waals surface area contributed by atoms with E-state index in [1.165, 1.54) is 6.33 Å². The number of hydrogen-bond donors (Lipinski definition) is 2. The molecule has 0 amide bonds. The SMILES string of the molecule is CCCc1c(N)ncnc1NCCn1cccn1. The number of nitrogen functional groups attached to an aromatic ring is 1. The number of nitrogens with one attached hydrogen (secondary N) is 1. The first kappa shape index (κ1) is 12.3. The summed E-state index contributed by atoms with van der Waals surface area (Å²) in [5.41, 5.74) is 6.87. The molecule has 0 unspecified atom stereocenters. The molecule has 0 spiro atoms. The van der Waals surface area contributed by atoms with Gasteiger partial charge in [-0.1, -0.05) is 13.3 Å². The quantitative estimate of drug-likeness (QED) is 0.803. The Morgan fingerprint density at radius 1 is 1.39 bits per heavy atom. The average Bonchev–Trinajstić information content (AvgIpc) is 2.86. The molecule has 0 saturated heterocycles. The van der Waals surface area contributed by atoms with E-state index >= 15 is 0 Å². The van der Waals surface area contributed by atoms with Gasteiger partial charge in [-0.05, 0) is 12.5 Å². The summed E-state index contributed by atoms with van der Waals surface area (Å²) in [5, 5.41) is 7.43. The molecule has 18 heavy (non-hydrogen) atoms. The monoisotopic (exact) mass is 246 g/mol. The Balaban J connectivity index is 1.98. The van der Waals surface area contributed by atoms with Crippen LogP contribution in [0.15, 0.2) is 24.8 Å². The molecular formula is C12H18N6. The zero-order valence-electron chi connectivity index (χ0n) is 10.5. The van der Waals surface area contributed by atoms with Gasteiger partial charge in [0, 0.05) is 24.5 Å². The maximum atomic E-state index is 5.87. The van der Waals surface area contributed by atoms with Gasteiger partial charge < -0.3 is 11.1 Å². The van der Waals surface area contributed by atoms with Crippen molar-refractivity contribution in [1.82, 2.24) is 19.7 Å². The minimum absolute atomic E-state index is 0.563. The van der Waals surface area contributed by atoms with Gasteiger partial charge in [-0.3, -0.25) is 4.68 Å². The Morgan fingerprint density at radius 3 is 3.00 bits per heavy atom. The molecule has 0 bridgehead atoms. The second kappa shape index (κ2) is 6.00. The molecule has 0 atom stereocenters. The Kier molecular flexibility index (Phi) is 4.11. The third-order valence-electron chi connectivity index (χ3n) is 2.67. The van der Waals surface area contributed by atoms with Gasteiger partial charge in [0.05, 0.1) is 6.54 Å². The molecule has 6 nitrogen and oxygen atoms in total. The van der Waals surface area contributed by atoms with Crippen LogP contribution in [0.5, 0.6) is 0 Å². The smallest absolute Gasteiger partial charge is 0.134 e. The zero-order chi connectivity index (χ0) is 12.8. The second-order valence-corrected chi connectivity index (χ2v) is 4.03. The number of nitrogens with zero attached hydrogens (tertiary/aromatic N) is 4. The summed E-state index contributed by atoms with van der Waals surface area (Å²) in [6, 6.07) is 1.91.